The van der Waals surface area contributed by atoms with Crippen molar-refractivity contribution in [2.45, 2.75) is 24.8 Å². The van der Waals surface area contributed by atoms with E-state index < -0.39 is 0 Å². The van der Waals surface area contributed by atoms with Gasteiger partial charge in [-0.1, -0.05) is 29.4 Å². The lowest BCUT2D eigenvalue weighted by Gasteiger charge is -2.33. The highest BCUT2D eigenvalue weighted by Gasteiger charge is 2.39. The minimum Gasteiger partial charge on any atom is -0.384 e. The zero-order chi connectivity index (χ0) is 17.0. The predicted octanol–water partition coefficient (Wildman–Crippen LogP) is 2.49. The smallest absolute Gasteiger partial charge is 0.235 e. The van der Waals surface area contributed by atoms with Crippen LogP contribution in [0.25, 0.3) is 11.4 Å². The van der Waals surface area contributed by atoms with E-state index in [4.69, 9.17) is 9.26 Å². The third kappa shape index (κ3) is 4.58. The van der Waals surface area contributed by atoms with Crippen molar-refractivity contribution in [3.8, 4) is 11.4 Å². The number of methoxy groups -OCH3 is 1. The molecule has 7 heteroatoms. The SMILES string of the molecule is COCC1(c2nc(-c3ccc(CN(C)C)cc3)no2)CCNCC1.Cl. The van der Waals surface area contributed by atoms with Crippen molar-refractivity contribution in [1.82, 2.24) is 20.4 Å². The van der Waals surface area contributed by atoms with E-state index in [0.29, 0.717) is 18.3 Å². The molecule has 1 aromatic heterocycles. The number of nitrogens with zero attached hydrogens (tertiary/aromatic N) is 3. The summed E-state index contributed by atoms with van der Waals surface area (Å²) in [6.07, 6.45) is 1.90. The molecule has 0 unspecified atom stereocenters. The third-order valence-electron chi connectivity index (χ3n) is 4.57. The first kappa shape index (κ1) is 19.8. The highest BCUT2D eigenvalue weighted by molar-refractivity contribution is 5.85. The lowest BCUT2D eigenvalue weighted by Crippen LogP contribution is -2.43. The molecule has 1 aliphatic rings. The van der Waals surface area contributed by atoms with Crippen LogP contribution in [0.2, 0.25) is 0 Å². The molecule has 0 saturated carbocycles. The molecule has 138 valence electrons. The number of halogens is 1. The summed E-state index contributed by atoms with van der Waals surface area (Å²) in [5, 5.41) is 7.59. The number of benzene rings is 1. The van der Waals surface area contributed by atoms with Crippen LogP contribution in [0.15, 0.2) is 28.8 Å². The van der Waals surface area contributed by atoms with Gasteiger partial charge >= 0.3 is 0 Å². The van der Waals surface area contributed by atoms with Crippen LogP contribution in [0.4, 0.5) is 0 Å². The van der Waals surface area contributed by atoms with E-state index in [1.54, 1.807) is 7.11 Å². The standard InChI is InChI=1S/C18H26N4O2.ClH/c1-22(2)12-14-4-6-15(7-5-14)16-20-17(24-21-16)18(13-23-3)8-10-19-11-9-18;/h4-7,19H,8-13H2,1-3H3;1H. The molecule has 2 aromatic rings. The van der Waals surface area contributed by atoms with Gasteiger partial charge in [-0.25, -0.2) is 0 Å². The molecule has 0 radical (unpaired) electrons. The summed E-state index contributed by atoms with van der Waals surface area (Å²) in [5.41, 5.74) is 2.08. The number of aromatic nitrogens is 2. The van der Waals surface area contributed by atoms with Gasteiger partial charge in [0.15, 0.2) is 0 Å². The molecular weight excluding hydrogens is 340 g/mol. The van der Waals surface area contributed by atoms with Gasteiger partial charge in [-0.3, -0.25) is 0 Å². The molecule has 0 atom stereocenters. The van der Waals surface area contributed by atoms with Gasteiger partial charge in [-0.15, -0.1) is 12.4 Å². The summed E-state index contributed by atoms with van der Waals surface area (Å²) in [6.45, 7) is 3.42. The molecule has 25 heavy (non-hydrogen) atoms. The maximum absolute atomic E-state index is 5.63. The first-order chi connectivity index (χ1) is 11.6. The van der Waals surface area contributed by atoms with E-state index in [0.717, 1.165) is 38.0 Å². The average Bonchev–Trinajstić information content (AvgIpc) is 3.07. The van der Waals surface area contributed by atoms with Crippen LogP contribution in [-0.4, -0.2) is 55.9 Å². The summed E-state index contributed by atoms with van der Waals surface area (Å²) in [4.78, 5) is 6.84. The van der Waals surface area contributed by atoms with E-state index in [1.165, 1.54) is 5.56 Å². The molecule has 1 N–H and O–H groups in total. The Bertz CT molecular complexity index is 646. The van der Waals surface area contributed by atoms with Gasteiger partial charge in [0.05, 0.1) is 12.0 Å². The summed E-state index contributed by atoms with van der Waals surface area (Å²) in [7, 11) is 5.85. The molecule has 1 aliphatic heterocycles. The second kappa shape index (κ2) is 8.76. The van der Waals surface area contributed by atoms with E-state index >= 15 is 0 Å². The van der Waals surface area contributed by atoms with Crippen molar-refractivity contribution in [2.24, 2.45) is 0 Å². The van der Waals surface area contributed by atoms with E-state index in [9.17, 15) is 0 Å². The second-order valence-corrected chi connectivity index (χ2v) is 6.82. The van der Waals surface area contributed by atoms with Crippen LogP contribution in [-0.2, 0) is 16.7 Å². The maximum Gasteiger partial charge on any atom is 0.235 e. The summed E-state index contributed by atoms with van der Waals surface area (Å²) in [5.74, 6) is 1.34. The molecule has 2 heterocycles. The van der Waals surface area contributed by atoms with Gasteiger partial charge in [-0.2, -0.15) is 4.98 Å². The van der Waals surface area contributed by atoms with Crippen LogP contribution in [0.1, 0.15) is 24.3 Å². The van der Waals surface area contributed by atoms with Crippen molar-refractivity contribution < 1.29 is 9.26 Å². The molecule has 6 nitrogen and oxygen atoms in total. The molecule has 0 aliphatic carbocycles. The Morgan fingerprint density at radius 2 is 1.88 bits per heavy atom. The van der Waals surface area contributed by atoms with Crippen LogP contribution >= 0.6 is 12.4 Å². The molecule has 0 amide bonds. The maximum atomic E-state index is 5.63. The number of piperidine rings is 1. The van der Waals surface area contributed by atoms with Crippen molar-refractivity contribution in [2.75, 3.05) is 40.9 Å². The van der Waals surface area contributed by atoms with Crippen LogP contribution in [0, 0.1) is 0 Å². The van der Waals surface area contributed by atoms with E-state index in [-0.39, 0.29) is 17.8 Å². The van der Waals surface area contributed by atoms with Crippen LogP contribution in [0.5, 0.6) is 0 Å². The third-order valence-corrected chi connectivity index (χ3v) is 4.57. The Labute approximate surface area is 155 Å². The summed E-state index contributed by atoms with van der Waals surface area (Å²) in [6, 6.07) is 8.33. The summed E-state index contributed by atoms with van der Waals surface area (Å²) < 4.78 is 11.1. The highest BCUT2D eigenvalue weighted by atomic mass is 35.5. The lowest BCUT2D eigenvalue weighted by molar-refractivity contribution is 0.0850. The normalized spacial score (nSPS) is 16.6. The van der Waals surface area contributed by atoms with Gasteiger partial charge in [0.25, 0.3) is 0 Å². The predicted molar refractivity (Wildman–Crippen MR) is 100 cm³/mol. The van der Waals surface area contributed by atoms with Crippen molar-refractivity contribution in [3.63, 3.8) is 0 Å². The number of nitrogens with one attached hydrogen (secondary N) is 1. The molecule has 0 spiro atoms. The molecular formula is C18H27ClN4O2. The Hall–Kier alpha value is -1.47. The molecule has 1 aromatic carbocycles. The minimum absolute atomic E-state index is 0. The lowest BCUT2D eigenvalue weighted by atomic mass is 9.79. The Morgan fingerprint density at radius 1 is 1.20 bits per heavy atom. The largest absolute Gasteiger partial charge is 0.384 e. The van der Waals surface area contributed by atoms with Gasteiger partial charge in [-0.05, 0) is 45.6 Å². The number of hydrogen-bond donors (Lipinski definition) is 1. The molecule has 1 fully saturated rings. The second-order valence-electron chi connectivity index (χ2n) is 6.82. The Kier molecular flexibility index (Phi) is 6.95. The quantitative estimate of drug-likeness (QED) is 0.847. The number of rotatable bonds is 6. The minimum atomic E-state index is -0.171. The molecule has 3 rings (SSSR count). The zero-order valence-electron chi connectivity index (χ0n) is 15.1. The summed E-state index contributed by atoms with van der Waals surface area (Å²) >= 11 is 0. The van der Waals surface area contributed by atoms with E-state index in [2.05, 4.69) is 58.7 Å². The van der Waals surface area contributed by atoms with Crippen LogP contribution < -0.4 is 5.32 Å². The van der Waals surface area contributed by atoms with Crippen molar-refractivity contribution in [3.05, 3.63) is 35.7 Å². The number of hydrogen-bond acceptors (Lipinski definition) is 6. The first-order valence-corrected chi connectivity index (χ1v) is 8.41. The van der Waals surface area contributed by atoms with Crippen LogP contribution in [0.3, 0.4) is 0 Å². The number of ether oxygens (including phenoxy) is 1. The molecule has 1 saturated heterocycles. The highest BCUT2D eigenvalue weighted by Crippen LogP contribution is 2.33. The zero-order valence-corrected chi connectivity index (χ0v) is 15.9. The fourth-order valence-corrected chi connectivity index (χ4v) is 3.28. The topological polar surface area (TPSA) is 63.4 Å². The first-order valence-electron chi connectivity index (χ1n) is 8.41. The van der Waals surface area contributed by atoms with E-state index in [1.807, 2.05) is 0 Å². The van der Waals surface area contributed by atoms with Gasteiger partial charge in [0, 0.05) is 19.2 Å². The van der Waals surface area contributed by atoms with Crippen molar-refractivity contribution >= 4 is 12.4 Å². The Morgan fingerprint density at radius 3 is 2.48 bits per heavy atom. The van der Waals surface area contributed by atoms with Crippen molar-refractivity contribution in [1.29, 1.82) is 0 Å². The Balaban J connectivity index is 0.00000225. The van der Waals surface area contributed by atoms with Gasteiger partial charge in [0.1, 0.15) is 0 Å². The fourth-order valence-electron chi connectivity index (χ4n) is 3.28. The monoisotopic (exact) mass is 366 g/mol. The van der Waals surface area contributed by atoms with Gasteiger partial charge in [0.2, 0.25) is 11.7 Å². The average molecular weight is 367 g/mol. The molecule has 0 bridgehead atoms. The fraction of sp³-hybridized carbons (Fsp3) is 0.556. The van der Waals surface area contributed by atoms with Gasteiger partial charge < -0.3 is 19.5 Å².